The zero-order valence-electron chi connectivity index (χ0n) is 18.3. The van der Waals surface area contributed by atoms with Gasteiger partial charge in [-0.25, -0.2) is 9.98 Å². The average Bonchev–Trinajstić information content (AvgIpc) is 2.74. The van der Waals surface area contributed by atoms with Crippen LogP contribution in [0.3, 0.4) is 0 Å². The van der Waals surface area contributed by atoms with Crippen LogP contribution in [-0.2, 0) is 0 Å². The molecular weight excluding hydrogens is 419 g/mol. The molecule has 2 unspecified atom stereocenters. The molecule has 1 aliphatic rings. The number of hydrogen-bond acceptors (Lipinski definition) is 3. The maximum Gasteiger partial charge on any atom is 0.252 e. The van der Waals surface area contributed by atoms with E-state index in [1.807, 2.05) is 13.1 Å². The highest BCUT2D eigenvalue weighted by molar-refractivity contribution is 6.43. The Labute approximate surface area is 190 Å². The third kappa shape index (κ3) is 6.40. The van der Waals surface area contributed by atoms with E-state index in [4.69, 9.17) is 23.2 Å². The molecule has 0 spiro atoms. The number of carbonyl (C=O) groups excluding carboxylic acids is 1. The second kappa shape index (κ2) is 11.6. The Bertz CT molecular complexity index is 819. The Kier molecular flexibility index (Phi) is 9.53. The summed E-state index contributed by atoms with van der Waals surface area (Å²) in [6.07, 6.45) is 5.37. The lowest BCUT2D eigenvalue weighted by atomic mass is 9.90. The summed E-state index contributed by atoms with van der Waals surface area (Å²) in [5, 5.41) is 3.70. The number of piperidine rings is 1. The largest absolute Gasteiger partial charge is 0.350 e. The molecule has 30 heavy (non-hydrogen) atoms. The summed E-state index contributed by atoms with van der Waals surface area (Å²) < 4.78 is 0. The lowest BCUT2D eigenvalue weighted by molar-refractivity contribution is 0.0747. The number of nitrogens with one attached hydrogen (secondary N) is 1. The lowest BCUT2D eigenvalue weighted by Gasteiger charge is -2.43. The molecule has 1 aromatic carbocycles. The third-order valence-corrected chi connectivity index (χ3v) is 6.44. The molecule has 0 radical (unpaired) electrons. The fraction of sp³-hybridized carbons (Fsp3) is 0.522. The molecule has 1 N–H and O–H groups in total. The van der Waals surface area contributed by atoms with Gasteiger partial charge in [0.2, 0.25) is 0 Å². The van der Waals surface area contributed by atoms with Crippen molar-refractivity contribution in [2.75, 3.05) is 13.1 Å². The van der Waals surface area contributed by atoms with Gasteiger partial charge in [-0.15, -0.1) is 0 Å². The highest BCUT2D eigenvalue weighted by Crippen LogP contribution is 2.28. The summed E-state index contributed by atoms with van der Waals surface area (Å²) in [5.41, 5.74) is 1.45. The van der Waals surface area contributed by atoms with Gasteiger partial charge in [-0.05, 0) is 63.6 Å². The molecule has 1 fully saturated rings. The predicted molar refractivity (Wildman–Crippen MR) is 128 cm³/mol. The maximum atomic E-state index is 12.8. The van der Waals surface area contributed by atoms with E-state index in [1.165, 1.54) is 6.42 Å². The number of likely N-dealkylation sites (tertiary alicyclic amines) is 1. The van der Waals surface area contributed by atoms with Crippen molar-refractivity contribution in [2.24, 2.45) is 15.9 Å². The van der Waals surface area contributed by atoms with Crippen LogP contribution in [0.15, 0.2) is 40.0 Å². The van der Waals surface area contributed by atoms with E-state index in [0.717, 1.165) is 25.0 Å². The van der Waals surface area contributed by atoms with Crippen molar-refractivity contribution >= 4 is 41.7 Å². The molecule has 1 saturated heterocycles. The van der Waals surface area contributed by atoms with E-state index < -0.39 is 0 Å². The molecule has 1 aromatic rings. The van der Waals surface area contributed by atoms with Crippen LogP contribution < -0.4 is 5.32 Å². The molecule has 0 saturated carbocycles. The Morgan fingerprint density at radius 3 is 2.73 bits per heavy atom. The summed E-state index contributed by atoms with van der Waals surface area (Å²) in [6, 6.07) is 5.57. The van der Waals surface area contributed by atoms with Gasteiger partial charge >= 0.3 is 0 Å². The molecule has 2 atom stereocenters. The Morgan fingerprint density at radius 1 is 1.33 bits per heavy atom. The third-order valence-electron chi connectivity index (χ3n) is 5.62. The van der Waals surface area contributed by atoms with E-state index in [9.17, 15) is 4.79 Å². The van der Waals surface area contributed by atoms with Gasteiger partial charge in [0.05, 0.1) is 15.6 Å². The first-order valence-corrected chi connectivity index (χ1v) is 11.2. The van der Waals surface area contributed by atoms with Crippen LogP contribution in [0.1, 0.15) is 57.3 Å². The minimum atomic E-state index is -0.231. The number of amides is 1. The number of rotatable bonds is 7. The molecular formula is C23H32Cl2N4O. The number of halogens is 2. The summed E-state index contributed by atoms with van der Waals surface area (Å²) >= 11 is 12.3. The normalized spacial score (nSPS) is 19.6. The first kappa shape index (κ1) is 24.6. The topological polar surface area (TPSA) is 57.1 Å². The van der Waals surface area contributed by atoms with E-state index >= 15 is 0 Å². The molecule has 164 valence electrons. The molecule has 0 aliphatic carbocycles. The first-order valence-electron chi connectivity index (χ1n) is 10.4. The van der Waals surface area contributed by atoms with E-state index in [1.54, 1.807) is 18.2 Å². The first-order chi connectivity index (χ1) is 14.3. The standard InChI is InChI=1S/C23H32Cl2N4O/c1-15(2)20-11-6-7-12-29(20)21(16(3)13-27-17(4)26-5)14-28-23(30)18-9-8-10-19(24)22(18)25/h8-10,13,15,20-21H,5-7,11-12,14H2,1-4H3,(H,28,30)/b16-13+,27-17-. The summed E-state index contributed by atoms with van der Waals surface area (Å²) in [6.45, 7) is 13.3. The van der Waals surface area contributed by atoms with Crippen LogP contribution in [0.2, 0.25) is 10.0 Å². The minimum absolute atomic E-state index is 0.0287. The lowest BCUT2D eigenvalue weighted by Crippen LogP contribution is -2.53. The van der Waals surface area contributed by atoms with Gasteiger partial charge in [0.1, 0.15) is 5.84 Å². The fourth-order valence-electron chi connectivity index (χ4n) is 3.91. The molecule has 7 heteroatoms. The number of hydrogen-bond donors (Lipinski definition) is 1. The van der Waals surface area contributed by atoms with E-state index in [0.29, 0.717) is 34.9 Å². The van der Waals surface area contributed by atoms with Crippen LogP contribution in [0, 0.1) is 5.92 Å². The number of carbonyl (C=O) groups is 1. The van der Waals surface area contributed by atoms with Crippen LogP contribution in [0.25, 0.3) is 0 Å². The quantitative estimate of drug-likeness (QED) is 0.432. The average molecular weight is 451 g/mol. The molecule has 1 amide bonds. The Morgan fingerprint density at radius 2 is 2.07 bits per heavy atom. The summed E-state index contributed by atoms with van der Waals surface area (Å²) in [5.74, 6) is 0.909. The Hall–Kier alpha value is -1.69. The van der Waals surface area contributed by atoms with Crippen molar-refractivity contribution < 1.29 is 4.79 Å². The summed E-state index contributed by atoms with van der Waals surface area (Å²) in [7, 11) is 0. The van der Waals surface area contributed by atoms with E-state index in [-0.39, 0.29) is 17.0 Å². The van der Waals surface area contributed by atoms with Crippen LogP contribution in [-0.4, -0.2) is 48.5 Å². The molecule has 5 nitrogen and oxygen atoms in total. The molecule has 0 aromatic heterocycles. The van der Waals surface area contributed by atoms with Gasteiger partial charge < -0.3 is 5.32 Å². The van der Waals surface area contributed by atoms with Crippen molar-refractivity contribution in [3.63, 3.8) is 0 Å². The molecule has 1 heterocycles. The zero-order valence-corrected chi connectivity index (χ0v) is 19.8. The van der Waals surface area contributed by atoms with Gasteiger partial charge in [-0.1, -0.05) is 49.5 Å². The fourth-order valence-corrected chi connectivity index (χ4v) is 4.29. The number of aliphatic imine (C=N–C) groups is 2. The van der Waals surface area contributed by atoms with Crippen molar-refractivity contribution in [3.05, 3.63) is 45.6 Å². The highest BCUT2D eigenvalue weighted by atomic mass is 35.5. The van der Waals surface area contributed by atoms with Crippen molar-refractivity contribution in [3.8, 4) is 0 Å². The van der Waals surface area contributed by atoms with Gasteiger partial charge in [0, 0.05) is 24.8 Å². The van der Waals surface area contributed by atoms with E-state index in [2.05, 4.69) is 47.7 Å². The van der Waals surface area contributed by atoms with Crippen LogP contribution >= 0.6 is 23.2 Å². The van der Waals surface area contributed by atoms with Gasteiger partial charge in [0.15, 0.2) is 0 Å². The molecule has 2 rings (SSSR count). The minimum Gasteiger partial charge on any atom is -0.350 e. The number of benzene rings is 1. The van der Waals surface area contributed by atoms with Gasteiger partial charge in [-0.3, -0.25) is 9.69 Å². The smallest absolute Gasteiger partial charge is 0.252 e. The van der Waals surface area contributed by atoms with Crippen LogP contribution in [0.4, 0.5) is 0 Å². The van der Waals surface area contributed by atoms with Gasteiger partial charge in [0.25, 0.3) is 5.91 Å². The van der Waals surface area contributed by atoms with Crippen molar-refractivity contribution in [1.82, 2.24) is 10.2 Å². The highest BCUT2D eigenvalue weighted by Gasteiger charge is 2.32. The number of amidine groups is 1. The predicted octanol–water partition coefficient (Wildman–Crippen LogP) is 5.63. The second-order valence-corrected chi connectivity index (χ2v) is 8.86. The maximum absolute atomic E-state index is 12.8. The second-order valence-electron chi connectivity index (χ2n) is 8.08. The van der Waals surface area contributed by atoms with Crippen molar-refractivity contribution in [1.29, 1.82) is 0 Å². The Balaban J connectivity index is 2.27. The van der Waals surface area contributed by atoms with Crippen molar-refractivity contribution in [2.45, 2.75) is 59.0 Å². The monoisotopic (exact) mass is 450 g/mol. The molecule has 0 bridgehead atoms. The van der Waals surface area contributed by atoms with Crippen LogP contribution in [0.5, 0.6) is 0 Å². The zero-order chi connectivity index (χ0) is 22.3. The summed E-state index contributed by atoms with van der Waals surface area (Å²) in [4.78, 5) is 23.6. The molecule has 1 aliphatic heterocycles. The SMILES string of the molecule is C=N/C(C)=N\C=C(/C)C(CNC(=O)c1cccc(Cl)c1Cl)N1CCCCC1C(C)C. The number of nitrogens with zero attached hydrogens (tertiary/aromatic N) is 3. The van der Waals surface area contributed by atoms with Gasteiger partial charge in [-0.2, -0.15) is 0 Å².